The molecule has 34 heteroatoms. The summed E-state index contributed by atoms with van der Waals surface area (Å²) >= 11 is 21.9. The van der Waals surface area contributed by atoms with Gasteiger partial charge in [-0.1, -0.05) is 237 Å². The SMILES string of the molecule is C.C=C(C)OCC.C=C(OCC)c1nc(Cl)ncc1F.C=C(OCC)c1nc(N)ncc1F.CCO.Fc1cnc(Cl)nc1Cl.N.Nc1ncc(F)c(C(=O)CBr)n1.O.[2H]CF.[B]=NS.[Cl][Pd][Cl].c1ccc(P(c2ccccc2)c2ccccc2)cc1.c1ccc(P(c2ccccc2)c2ccccc2)cc1. The van der Waals surface area contributed by atoms with Crippen molar-refractivity contribution in [2.24, 2.45) is 4.30 Å². The zero-order chi connectivity index (χ0) is 77.3. The molecule has 0 saturated heterocycles. The van der Waals surface area contributed by atoms with Crippen molar-refractivity contribution in [1.82, 2.24) is 46.0 Å². The van der Waals surface area contributed by atoms with Crippen LogP contribution in [-0.4, -0.2) is 103 Å². The van der Waals surface area contributed by atoms with Crippen molar-refractivity contribution in [2.45, 2.75) is 42.0 Å². The molecule has 0 atom stereocenters. The van der Waals surface area contributed by atoms with E-state index in [0.717, 1.165) is 37.2 Å². The summed E-state index contributed by atoms with van der Waals surface area (Å²) in [6.07, 6.45) is 3.76. The van der Waals surface area contributed by atoms with Gasteiger partial charge >= 0.3 is 59.8 Å². The van der Waals surface area contributed by atoms with Crippen molar-refractivity contribution in [2.75, 3.05) is 50.4 Å². The Morgan fingerprint density at radius 1 is 0.562 bits per heavy atom. The standard InChI is InChI=1S/2C18H15P.C8H8ClFN2O.C8H10FN3O.C6H5BrFN3O.C5H10O.C4HCl2FN2.C2H6O.CH3F.CH4.BHNS.2ClH.H3N.H2O.Pd/c2*1-4-10-16(11-5-1)19(17-12-6-2-7-13-17)18-14-8-3-9-15-18;1-3-13-5(2)7-6(10)4-11-8(9)12-7;1-3-13-5(2)7-6(9)4-11-8(10)12-7;7-1-4(12)5-3(8)2-10-6(9)11-5;1-4-6-5(2)3;5-3-2(7)1-8-4(6)9-3;1-2-3;1-2;;1-2-3;;;;;/h2*1-15H;4H,2-3H2,1H3;4H,2-3H2,1H3,(H2,10,11,12);2H,1H2,(H2,9,10,11);2,4H2,1,3H3;1H;3H,2H2,1H3;1H3;1H4;3H;2*1H;1H3;1H2;/q;;;;;;;;;;;;;;;+2/p-2/i;;;;;;;;1D;;;;;;;. The first-order valence-corrected chi connectivity index (χ1v) is 38.6. The van der Waals surface area contributed by atoms with Crippen LogP contribution in [0.15, 0.2) is 237 Å². The molecule has 0 saturated carbocycles. The number of aliphatic hydroxyl groups is 1. The summed E-state index contributed by atoms with van der Waals surface area (Å²) in [6.45, 7) is 21.3. The molecule has 4 aromatic heterocycles. The van der Waals surface area contributed by atoms with Gasteiger partial charge in [-0.15, -0.1) is 0 Å². The Morgan fingerprint density at radius 3 is 1.04 bits per heavy atom. The number of alkyl halides is 2. The monoisotopic (exact) mass is 1760 g/mol. The molecule has 6 aromatic carbocycles. The number of benzene rings is 6. The Hall–Kier alpha value is -7.27. The second kappa shape index (κ2) is 65.1. The molecule has 569 valence electrons. The largest absolute Gasteiger partial charge is 0.0622 e. The molecule has 0 bridgehead atoms. The minimum absolute atomic E-state index is 0. The van der Waals surface area contributed by atoms with Crippen molar-refractivity contribution in [3.05, 3.63) is 288 Å². The van der Waals surface area contributed by atoms with Gasteiger partial charge in [0, 0.05) is 6.61 Å². The van der Waals surface area contributed by atoms with Crippen LogP contribution >= 0.6 is 98.4 Å². The number of ketones is 1. The minimum Gasteiger partial charge on any atom is -0.0622 e. The number of nitrogen functional groups attached to an aromatic ring is 2. The van der Waals surface area contributed by atoms with Gasteiger partial charge < -0.3 is 42.4 Å². The summed E-state index contributed by atoms with van der Waals surface area (Å²) in [5.74, 6) is -2.07. The van der Waals surface area contributed by atoms with E-state index in [9.17, 15) is 26.7 Å². The fourth-order valence-electron chi connectivity index (χ4n) is 7.17. The molecule has 0 unspecified atom stereocenters. The van der Waals surface area contributed by atoms with Gasteiger partial charge in [-0.25, -0.2) is 57.4 Å². The molecule has 10 aromatic rings. The number of Topliss-reactive ketones (excluding diaryl/α,β-unsaturated/α-hetero) is 1. The molecule has 0 aliphatic heterocycles. The van der Waals surface area contributed by atoms with Gasteiger partial charge in [0.15, 0.2) is 34.2 Å². The third-order valence-electron chi connectivity index (χ3n) is 10.9. The van der Waals surface area contributed by atoms with E-state index in [2.05, 4.69) is 282 Å². The molecule has 0 spiro atoms. The number of halogens is 11. The summed E-state index contributed by atoms with van der Waals surface area (Å²) < 4.78 is 84.0. The Labute approximate surface area is 661 Å². The molecule has 4 heterocycles. The summed E-state index contributed by atoms with van der Waals surface area (Å²) in [5.41, 5.74) is 10.2. The first-order chi connectivity index (χ1) is 49.5. The van der Waals surface area contributed by atoms with E-state index < -0.39 is 52.0 Å². The van der Waals surface area contributed by atoms with Gasteiger partial charge in [0.05, 0.1) is 64.2 Å². The maximum absolute atomic E-state index is 13.0. The number of hydrogen-bond acceptors (Lipinski definition) is 18. The summed E-state index contributed by atoms with van der Waals surface area (Å²) in [6, 6.07) is 64.7. The van der Waals surface area contributed by atoms with E-state index in [1.807, 2.05) is 13.8 Å². The number of hydrogen-bond donors (Lipinski definition) is 5. The van der Waals surface area contributed by atoms with Crippen LogP contribution in [0.2, 0.25) is 15.7 Å². The number of thiol groups is 1. The van der Waals surface area contributed by atoms with Crippen molar-refractivity contribution in [3.8, 4) is 0 Å². The second-order valence-corrected chi connectivity index (χ2v) is 26.7. The molecule has 0 fully saturated rings. The predicted octanol–water partition coefficient (Wildman–Crippen LogP) is 16.7. The third kappa shape index (κ3) is 44.5. The Kier molecular flexibility index (Phi) is 63.1. The number of anilines is 2. The fraction of sp³-hybridized carbons (Fsp3) is 0.169. The number of nitrogens with zero attached hydrogens (tertiary/aromatic N) is 9. The quantitative estimate of drug-likeness (QED) is 0.00691. The molecule has 18 nitrogen and oxygen atoms in total. The number of nitrogens with two attached hydrogens (primary N) is 2. The van der Waals surface area contributed by atoms with Crippen molar-refractivity contribution in [1.29, 1.82) is 0 Å². The average Bonchev–Trinajstić information content (AvgIpc) is 0.830. The number of aliphatic hydroxyl groups excluding tert-OH is 1. The zero-order valence-corrected chi connectivity index (χ0v) is 66.5. The Bertz CT molecular complexity index is 3620. The first-order valence-electron chi connectivity index (χ1n) is 30.0. The molecule has 105 heavy (non-hydrogen) atoms. The molecule has 0 aliphatic carbocycles. The van der Waals surface area contributed by atoms with Gasteiger partial charge in [0.1, 0.15) is 28.6 Å². The van der Waals surface area contributed by atoms with Gasteiger partial charge in [0.25, 0.3) is 0 Å². The predicted molar refractivity (Wildman–Crippen MR) is 432 cm³/mol. The molecule has 10 rings (SSSR count). The van der Waals surface area contributed by atoms with Crippen LogP contribution < -0.4 is 49.4 Å². The van der Waals surface area contributed by atoms with E-state index >= 15 is 0 Å². The summed E-state index contributed by atoms with van der Waals surface area (Å²) in [7, 11) is 12.1. The van der Waals surface area contributed by atoms with E-state index in [1.54, 1.807) is 20.8 Å². The van der Waals surface area contributed by atoms with Crippen molar-refractivity contribution < 1.29 is 68.9 Å². The molecular formula is C71H83BBrCl5F5N12O6P2PdS. The van der Waals surface area contributed by atoms with Crippen LogP contribution in [0, 0.1) is 23.3 Å². The molecule has 1 radical (unpaired) electrons. The van der Waals surface area contributed by atoms with Crippen LogP contribution in [0.3, 0.4) is 0 Å². The zero-order valence-electron chi connectivity index (χ0n) is 57.9. The van der Waals surface area contributed by atoms with Gasteiger partial charge in [-0.2, -0.15) is 0 Å². The Morgan fingerprint density at radius 2 is 0.800 bits per heavy atom. The number of rotatable bonds is 16. The second-order valence-electron chi connectivity index (χ2n) is 18.0. The van der Waals surface area contributed by atoms with E-state index in [-0.39, 0.29) is 103 Å². The minimum atomic E-state index is -1.00. The number of carbonyl (C=O) groups is 1. The van der Waals surface area contributed by atoms with Crippen LogP contribution in [0.25, 0.3) is 11.5 Å². The average molecular weight is 1760 g/mol. The van der Waals surface area contributed by atoms with Crippen LogP contribution in [0.5, 0.6) is 0 Å². The smallest absolute Gasteiger partial charge is 0.0134 e. The number of allylic oxidation sites excluding steroid dienone is 1. The van der Waals surface area contributed by atoms with E-state index in [1.165, 1.54) is 31.8 Å². The topological polar surface area (TPSA) is 299 Å². The van der Waals surface area contributed by atoms with Crippen LogP contribution in [-0.2, 0) is 30.2 Å². The summed E-state index contributed by atoms with van der Waals surface area (Å²) in [5, 5.41) is 15.6. The normalized spacial score (nSPS) is 9.30. The number of aromatic nitrogens is 8. The Balaban J connectivity index is -0.000000566. The molecule has 0 amide bonds. The molecular weight excluding hydrogens is 1680 g/mol. The van der Waals surface area contributed by atoms with Gasteiger partial charge in [0.2, 0.25) is 22.5 Å². The maximum Gasteiger partial charge on any atom is -0.0134 e. The van der Waals surface area contributed by atoms with Gasteiger partial charge in [-0.3, -0.25) is 9.18 Å². The molecule has 0 aliphatic rings. The maximum atomic E-state index is 13.0. The first kappa shape index (κ1) is 102. The third-order valence-corrected chi connectivity index (χ3v) is 17.0. The summed E-state index contributed by atoms with van der Waals surface area (Å²) in [4.78, 5) is 38.7. The fourth-order valence-corrected chi connectivity index (χ4v) is 12.5. The van der Waals surface area contributed by atoms with Crippen LogP contribution in [0.1, 0.15) is 65.3 Å². The number of ether oxygens (including phenoxy) is 3. The van der Waals surface area contributed by atoms with E-state index in [0.29, 0.717) is 13.2 Å². The van der Waals surface area contributed by atoms with Crippen LogP contribution in [0.4, 0.5) is 33.8 Å². The van der Waals surface area contributed by atoms with E-state index in [4.69, 9.17) is 86.0 Å². The van der Waals surface area contributed by atoms with Crippen molar-refractivity contribution >= 4 is 167 Å². The molecule has 10 N–H and O–H groups in total. The van der Waals surface area contributed by atoms with Crippen molar-refractivity contribution in [3.63, 3.8) is 0 Å². The number of carbonyl (C=O) groups excluding carboxylic acids is 1. The van der Waals surface area contributed by atoms with Gasteiger partial charge in [-0.05, 0) is 105 Å².